The molecule has 0 radical (unpaired) electrons. The van der Waals surface area contributed by atoms with Gasteiger partial charge in [-0.25, -0.2) is 4.98 Å². The van der Waals surface area contributed by atoms with E-state index in [4.69, 9.17) is 4.74 Å². The number of carbonyl (C=O) groups is 1. The van der Waals surface area contributed by atoms with E-state index in [1.165, 1.54) is 32.1 Å². The molecule has 1 fully saturated rings. The van der Waals surface area contributed by atoms with Crippen molar-refractivity contribution in [3.63, 3.8) is 0 Å². The fourth-order valence-electron chi connectivity index (χ4n) is 2.61. The maximum Gasteiger partial charge on any atom is 0.167 e. The van der Waals surface area contributed by atoms with Crippen molar-refractivity contribution in [2.24, 2.45) is 5.92 Å². The first-order valence-electron chi connectivity index (χ1n) is 6.46. The minimum absolute atomic E-state index is 0.0222. The quantitative estimate of drug-likeness (QED) is 0.800. The minimum atomic E-state index is 0.0222. The van der Waals surface area contributed by atoms with Crippen LogP contribution in [-0.4, -0.2) is 22.9 Å². The number of aromatic amines is 1. The molecule has 1 unspecified atom stereocenters. The number of nitrogens with one attached hydrogen (secondary N) is 1. The third kappa shape index (κ3) is 2.94. The normalized spacial score (nSPS) is 19.1. The second kappa shape index (κ2) is 5.96. The highest BCUT2D eigenvalue weighted by atomic mass is 16.5. The Labute approximate surface area is 102 Å². The van der Waals surface area contributed by atoms with Crippen LogP contribution < -0.4 is 0 Å². The highest BCUT2D eigenvalue weighted by Crippen LogP contribution is 2.35. The van der Waals surface area contributed by atoms with Crippen LogP contribution in [-0.2, 0) is 4.74 Å². The van der Waals surface area contributed by atoms with E-state index in [1.54, 1.807) is 6.20 Å². The van der Waals surface area contributed by atoms with Crippen molar-refractivity contribution in [1.82, 2.24) is 9.97 Å². The Hall–Kier alpha value is -1.16. The first-order chi connectivity index (χ1) is 8.35. The lowest BCUT2D eigenvalue weighted by molar-refractivity contribution is 0.000322. The van der Waals surface area contributed by atoms with Crippen molar-refractivity contribution in [1.29, 1.82) is 0 Å². The van der Waals surface area contributed by atoms with Gasteiger partial charge >= 0.3 is 0 Å². The lowest BCUT2D eigenvalue weighted by Crippen LogP contribution is -2.20. The van der Waals surface area contributed by atoms with Crippen molar-refractivity contribution in [2.75, 3.05) is 6.61 Å². The third-order valence-corrected chi connectivity index (χ3v) is 3.44. The molecule has 1 atom stereocenters. The van der Waals surface area contributed by atoms with Crippen LogP contribution in [0.2, 0.25) is 0 Å². The Morgan fingerprint density at radius 3 is 2.88 bits per heavy atom. The van der Waals surface area contributed by atoms with Gasteiger partial charge in [0, 0.05) is 6.61 Å². The van der Waals surface area contributed by atoms with Gasteiger partial charge in [0.2, 0.25) is 0 Å². The van der Waals surface area contributed by atoms with Crippen LogP contribution in [0.3, 0.4) is 0 Å². The topological polar surface area (TPSA) is 55.0 Å². The van der Waals surface area contributed by atoms with Gasteiger partial charge in [0.05, 0.1) is 11.9 Å². The molecule has 4 heteroatoms. The van der Waals surface area contributed by atoms with Crippen molar-refractivity contribution < 1.29 is 9.53 Å². The molecule has 1 N–H and O–H groups in total. The zero-order valence-electron chi connectivity index (χ0n) is 10.3. The van der Waals surface area contributed by atoms with Crippen LogP contribution in [0.15, 0.2) is 6.20 Å². The standard InChI is InChI=1S/C13H20N2O2/c1-2-17-12(10-6-4-3-5-7-10)13-14-8-11(9-16)15-13/h8-10,12H,2-7H2,1H3,(H,14,15). The molecule has 2 rings (SSSR count). The fourth-order valence-corrected chi connectivity index (χ4v) is 2.61. The first kappa shape index (κ1) is 12.3. The molecule has 94 valence electrons. The Balaban J connectivity index is 2.11. The summed E-state index contributed by atoms with van der Waals surface area (Å²) in [5, 5.41) is 0. The van der Waals surface area contributed by atoms with Crippen molar-refractivity contribution in [2.45, 2.75) is 45.1 Å². The van der Waals surface area contributed by atoms with E-state index in [0.29, 0.717) is 18.2 Å². The van der Waals surface area contributed by atoms with Crippen LogP contribution in [0.5, 0.6) is 0 Å². The van der Waals surface area contributed by atoms with Crippen molar-refractivity contribution >= 4 is 6.29 Å². The van der Waals surface area contributed by atoms with Crippen LogP contribution in [0, 0.1) is 5.92 Å². The van der Waals surface area contributed by atoms with Crippen LogP contribution >= 0.6 is 0 Å². The van der Waals surface area contributed by atoms with E-state index in [-0.39, 0.29) is 6.10 Å². The summed E-state index contributed by atoms with van der Waals surface area (Å²) < 4.78 is 5.82. The average molecular weight is 236 g/mol. The minimum Gasteiger partial charge on any atom is -0.370 e. The summed E-state index contributed by atoms with van der Waals surface area (Å²) in [6, 6.07) is 0. The van der Waals surface area contributed by atoms with Gasteiger partial charge in [0.1, 0.15) is 11.9 Å². The van der Waals surface area contributed by atoms with Gasteiger partial charge in [-0.1, -0.05) is 19.3 Å². The van der Waals surface area contributed by atoms with Gasteiger partial charge in [-0.2, -0.15) is 0 Å². The van der Waals surface area contributed by atoms with Crippen LogP contribution in [0.4, 0.5) is 0 Å². The summed E-state index contributed by atoms with van der Waals surface area (Å²) in [5.74, 6) is 1.34. The molecule has 1 saturated carbocycles. The molecule has 17 heavy (non-hydrogen) atoms. The predicted molar refractivity (Wildman–Crippen MR) is 64.9 cm³/mol. The van der Waals surface area contributed by atoms with Gasteiger partial charge in [-0.05, 0) is 25.7 Å². The molecule has 0 spiro atoms. The molecule has 1 aliphatic carbocycles. The Kier molecular flexibility index (Phi) is 4.31. The smallest absolute Gasteiger partial charge is 0.167 e. The highest BCUT2D eigenvalue weighted by Gasteiger charge is 2.27. The molecule has 0 amide bonds. The molecular formula is C13H20N2O2. The van der Waals surface area contributed by atoms with Crippen LogP contribution in [0.1, 0.15) is 61.4 Å². The maximum absolute atomic E-state index is 10.7. The number of aromatic nitrogens is 2. The Morgan fingerprint density at radius 2 is 2.29 bits per heavy atom. The number of H-pyrrole nitrogens is 1. The van der Waals surface area contributed by atoms with E-state index in [9.17, 15) is 4.79 Å². The second-order valence-electron chi connectivity index (χ2n) is 4.62. The van der Waals surface area contributed by atoms with E-state index < -0.39 is 0 Å². The summed E-state index contributed by atoms with van der Waals surface area (Å²) >= 11 is 0. The van der Waals surface area contributed by atoms with Crippen molar-refractivity contribution in [3.05, 3.63) is 17.7 Å². The number of hydrogen-bond donors (Lipinski definition) is 1. The molecule has 0 bridgehead atoms. The number of hydrogen-bond acceptors (Lipinski definition) is 3. The molecule has 1 heterocycles. The summed E-state index contributed by atoms with van der Waals surface area (Å²) in [5.41, 5.74) is 0.528. The van der Waals surface area contributed by atoms with Gasteiger partial charge in [-0.3, -0.25) is 4.79 Å². The number of ether oxygens (including phenoxy) is 1. The molecule has 1 aromatic rings. The largest absolute Gasteiger partial charge is 0.370 e. The Morgan fingerprint density at radius 1 is 1.53 bits per heavy atom. The molecule has 0 aromatic carbocycles. The first-order valence-corrected chi connectivity index (χ1v) is 6.46. The van der Waals surface area contributed by atoms with Gasteiger partial charge in [0.25, 0.3) is 0 Å². The SMILES string of the molecule is CCOC(c1ncc(C=O)[nH]1)C1CCCCC1. The van der Waals surface area contributed by atoms with Gasteiger partial charge in [-0.15, -0.1) is 0 Å². The Bertz CT molecular complexity index is 356. The number of nitrogens with zero attached hydrogens (tertiary/aromatic N) is 1. The number of rotatable bonds is 5. The zero-order valence-corrected chi connectivity index (χ0v) is 10.3. The zero-order chi connectivity index (χ0) is 12.1. The third-order valence-electron chi connectivity index (χ3n) is 3.44. The fraction of sp³-hybridized carbons (Fsp3) is 0.692. The van der Waals surface area contributed by atoms with Crippen LogP contribution in [0.25, 0.3) is 0 Å². The maximum atomic E-state index is 10.7. The lowest BCUT2D eigenvalue weighted by Gasteiger charge is -2.28. The molecule has 0 saturated heterocycles. The molecule has 1 aliphatic rings. The number of carbonyl (C=O) groups excluding carboxylic acids is 1. The summed E-state index contributed by atoms with van der Waals surface area (Å²) in [4.78, 5) is 18.0. The number of imidazole rings is 1. The molecule has 1 aromatic heterocycles. The predicted octanol–water partition coefficient (Wildman–Crippen LogP) is 2.88. The van der Waals surface area contributed by atoms with E-state index in [0.717, 1.165) is 12.1 Å². The summed E-state index contributed by atoms with van der Waals surface area (Å²) in [7, 11) is 0. The number of aldehydes is 1. The van der Waals surface area contributed by atoms with E-state index >= 15 is 0 Å². The second-order valence-corrected chi connectivity index (χ2v) is 4.62. The lowest BCUT2D eigenvalue weighted by atomic mass is 9.85. The molecule has 4 nitrogen and oxygen atoms in total. The molecule has 0 aliphatic heterocycles. The summed E-state index contributed by atoms with van der Waals surface area (Å²) in [6.45, 7) is 2.68. The van der Waals surface area contributed by atoms with E-state index in [2.05, 4.69) is 9.97 Å². The van der Waals surface area contributed by atoms with Gasteiger partial charge < -0.3 is 9.72 Å². The monoisotopic (exact) mass is 236 g/mol. The molecular weight excluding hydrogens is 216 g/mol. The van der Waals surface area contributed by atoms with Gasteiger partial charge in [0.15, 0.2) is 6.29 Å². The highest BCUT2D eigenvalue weighted by molar-refractivity contribution is 5.71. The van der Waals surface area contributed by atoms with Crippen molar-refractivity contribution in [3.8, 4) is 0 Å². The average Bonchev–Trinajstić information content (AvgIpc) is 2.85. The van der Waals surface area contributed by atoms with E-state index in [1.807, 2.05) is 6.92 Å². The summed E-state index contributed by atoms with van der Waals surface area (Å²) in [6.07, 6.45) is 8.66.